The summed E-state index contributed by atoms with van der Waals surface area (Å²) in [6.07, 6.45) is 3.82. The third-order valence-corrected chi connectivity index (χ3v) is 5.25. The Labute approximate surface area is 155 Å². The van der Waals surface area contributed by atoms with Crippen molar-refractivity contribution in [1.29, 1.82) is 0 Å². The summed E-state index contributed by atoms with van der Waals surface area (Å²) in [6.45, 7) is 12.7. The molecule has 0 aromatic carbocycles. The van der Waals surface area contributed by atoms with Gasteiger partial charge in [-0.3, -0.25) is 14.8 Å². The summed E-state index contributed by atoms with van der Waals surface area (Å²) in [5.74, 6) is 0. The predicted octanol–water partition coefficient (Wildman–Crippen LogP) is 3.50. The lowest BCUT2D eigenvalue weighted by Crippen LogP contribution is -2.45. The van der Waals surface area contributed by atoms with Gasteiger partial charge in [-0.25, -0.2) is 0 Å². The van der Waals surface area contributed by atoms with Crippen LogP contribution in [0.25, 0.3) is 0 Å². The lowest BCUT2D eigenvalue weighted by molar-refractivity contribution is 0.0139. The first kappa shape index (κ1) is 18.5. The van der Waals surface area contributed by atoms with Crippen LogP contribution in [-0.2, 0) is 17.8 Å². The fraction of sp³-hybridized carbons (Fsp3) is 0.550. The summed E-state index contributed by atoms with van der Waals surface area (Å²) in [5.41, 5.74) is 2.91. The van der Waals surface area contributed by atoms with Crippen LogP contribution in [0.5, 0.6) is 0 Å². The van der Waals surface area contributed by atoms with Crippen molar-refractivity contribution in [2.45, 2.75) is 26.9 Å². The van der Waals surface area contributed by atoms with Crippen LogP contribution in [-0.4, -0.2) is 54.2 Å². The Bertz CT molecular complexity index is 609. The summed E-state index contributed by atoms with van der Waals surface area (Å²) in [7, 11) is 0. The molecule has 25 heavy (non-hydrogen) atoms. The van der Waals surface area contributed by atoms with Crippen molar-refractivity contribution in [3.8, 4) is 0 Å². The third kappa shape index (κ3) is 6.19. The zero-order valence-electron chi connectivity index (χ0n) is 15.4. The molecule has 0 saturated carbocycles. The first-order valence-electron chi connectivity index (χ1n) is 9.03. The van der Waals surface area contributed by atoms with Crippen LogP contribution in [0.4, 0.5) is 0 Å². The van der Waals surface area contributed by atoms with Crippen molar-refractivity contribution in [2.75, 3.05) is 39.4 Å². The maximum absolute atomic E-state index is 5.49. The molecule has 2 aromatic heterocycles. The van der Waals surface area contributed by atoms with Gasteiger partial charge in [-0.2, -0.15) is 11.3 Å². The smallest absolute Gasteiger partial charge is 0.0594 e. The zero-order chi connectivity index (χ0) is 17.5. The average Bonchev–Trinajstić information content (AvgIpc) is 3.08. The topological polar surface area (TPSA) is 28.6 Å². The van der Waals surface area contributed by atoms with Crippen molar-refractivity contribution >= 4 is 11.3 Å². The Hall–Kier alpha value is -1.27. The fourth-order valence-corrected chi connectivity index (χ4v) is 4.24. The number of morpholine rings is 1. The lowest BCUT2D eigenvalue weighted by Gasteiger charge is -2.38. The molecule has 3 rings (SSSR count). The monoisotopic (exact) mass is 359 g/mol. The highest BCUT2D eigenvalue weighted by Crippen LogP contribution is 2.23. The molecule has 0 bridgehead atoms. The number of nitrogens with zero attached hydrogens (tertiary/aromatic N) is 3. The predicted molar refractivity (Wildman–Crippen MR) is 104 cm³/mol. The van der Waals surface area contributed by atoms with E-state index in [0.717, 1.165) is 52.5 Å². The second-order valence-electron chi connectivity index (χ2n) is 7.69. The highest BCUT2D eigenvalue weighted by molar-refractivity contribution is 7.07. The van der Waals surface area contributed by atoms with Gasteiger partial charge in [0.2, 0.25) is 0 Å². The molecule has 0 N–H and O–H groups in total. The van der Waals surface area contributed by atoms with Gasteiger partial charge in [-0.15, -0.1) is 0 Å². The molecule has 1 saturated heterocycles. The SMILES string of the molecule is CC(C)(CN1CCOCC1)CN(Cc1cccnc1)Cc1ccsc1. The molecule has 0 amide bonds. The van der Waals surface area contributed by atoms with Gasteiger partial charge in [0.25, 0.3) is 0 Å². The van der Waals surface area contributed by atoms with Gasteiger partial charge in [-0.05, 0) is 39.4 Å². The lowest BCUT2D eigenvalue weighted by atomic mass is 9.91. The molecule has 0 unspecified atom stereocenters. The molecule has 5 heteroatoms. The number of hydrogen-bond acceptors (Lipinski definition) is 5. The number of ether oxygens (including phenoxy) is 1. The zero-order valence-corrected chi connectivity index (χ0v) is 16.2. The maximum Gasteiger partial charge on any atom is 0.0594 e. The number of aromatic nitrogens is 1. The van der Waals surface area contributed by atoms with Crippen LogP contribution in [0.2, 0.25) is 0 Å². The molecule has 136 valence electrons. The minimum absolute atomic E-state index is 0.232. The van der Waals surface area contributed by atoms with Crippen molar-refractivity contribution in [3.05, 3.63) is 52.5 Å². The second-order valence-corrected chi connectivity index (χ2v) is 8.47. The Balaban J connectivity index is 1.64. The molecule has 0 radical (unpaired) electrons. The largest absolute Gasteiger partial charge is 0.379 e. The van der Waals surface area contributed by atoms with E-state index >= 15 is 0 Å². The standard InChI is InChI=1S/C20H29N3OS/c1-20(2,16-22-7-9-24-10-8-22)17-23(14-19-5-11-25-15-19)13-18-4-3-6-21-12-18/h3-6,11-12,15H,7-10,13-14,16-17H2,1-2H3. The Morgan fingerprint density at radius 1 is 1.20 bits per heavy atom. The molecule has 0 atom stereocenters. The molecular weight excluding hydrogens is 330 g/mol. The first-order chi connectivity index (χ1) is 12.1. The van der Waals surface area contributed by atoms with Gasteiger partial charge >= 0.3 is 0 Å². The van der Waals surface area contributed by atoms with Gasteiger partial charge in [0.1, 0.15) is 0 Å². The molecule has 1 aliphatic rings. The van der Waals surface area contributed by atoms with E-state index in [9.17, 15) is 0 Å². The van der Waals surface area contributed by atoms with Gasteiger partial charge in [0, 0.05) is 51.7 Å². The van der Waals surface area contributed by atoms with Crippen LogP contribution >= 0.6 is 11.3 Å². The maximum atomic E-state index is 5.49. The van der Waals surface area contributed by atoms with Crippen LogP contribution in [0.15, 0.2) is 41.4 Å². The van der Waals surface area contributed by atoms with Gasteiger partial charge < -0.3 is 4.74 Å². The summed E-state index contributed by atoms with van der Waals surface area (Å²) >= 11 is 1.77. The number of hydrogen-bond donors (Lipinski definition) is 0. The van der Waals surface area contributed by atoms with Crippen LogP contribution in [0.3, 0.4) is 0 Å². The number of pyridine rings is 1. The Kier molecular flexibility index (Phi) is 6.59. The normalized spacial score (nSPS) is 16.4. The van der Waals surface area contributed by atoms with E-state index in [1.807, 2.05) is 18.5 Å². The van der Waals surface area contributed by atoms with Crippen LogP contribution < -0.4 is 0 Å². The summed E-state index contributed by atoms with van der Waals surface area (Å²) in [4.78, 5) is 9.37. The molecule has 3 heterocycles. The average molecular weight is 360 g/mol. The number of thiophene rings is 1. The van der Waals surface area contributed by atoms with E-state index in [1.165, 1.54) is 11.1 Å². The van der Waals surface area contributed by atoms with E-state index in [0.29, 0.717) is 0 Å². The molecule has 0 aliphatic carbocycles. The van der Waals surface area contributed by atoms with E-state index in [1.54, 1.807) is 11.3 Å². The summed E-state index contributed by atoms with van der Waals surface area (Å²) < 4.78 is 5.49. The first-order valence-corrected chi connectivity index (χ1v) is 9.97. The molecule has 4 nitrogen and oxygen atoms in total. The second kappa shape index (κ2) is 8.90. The minimum atomic E-state index is 0.232. The fourth-order valence-electron chi connectivity index (χ4n) is 3.58. The third-order valence-electron chi connectivity index (χ3n) is 4.52. The van der Waals surface area contributed by atoms with E-state index in [4.69, 9.17) is 4.74 Å². The van der Waals surface area contributed by atoms with E-state index in [-0.39, 0.29) is 5.41 Å². The molecule has 2 aromatic rings. The van der Waals surface area contributed by atoms with Crippen molar-refractivity contribution < 1.29 is 4.74 Å². The summed E-state index contributed by atoms with van der Waals surface area (Å²) in [5, 5.41) is 4.42. The quantitative estimate of drug-likeness (QED) is 0.721. The highest BCUT2D eigenvalue weighted by Gasteiger charge is 2.26. The van der Waals surface area contributed by atoms with Crippen molar-refractivity contribution in [2.24, 2.45) is 5.41 Å². The number of rotatable bonds is 8. The van der Waals surface area contributed by atoms with Crippen molar-refractivity contribution in [1.82, 2.24) is 14.8 Å². The van der Waals surface area contributed by atoms with Crippen LogP contribution in [0, 0.1) is 5.41 Å². The molecular formula is C20H29N3OS. The van der Waals surface area contributed by atoms with Crippen LogP contribution in [0.1, 0.15) is 25.0 Å². The van der Waals surface area contributed by atoms with E-state index in [2.05, 4.69) is 51.5 Å². The molecule has 1 aliphatic heterocycles. The van der Waals surface area contributed by atoms with Gasteiger partial charge in [0.15, 0.2) is 0 Å². The molecule has 0 spiro atoms. The summed E-state index contributed by atoms with van der Waals surface area (Å²) in [6, 6.07) is 6.43. The van der Waals surface area contributed by atoms with Crippen molar-refractivity contribution in [3.63, 3.8) is 0 Å². The Morgan fingerprint density at radius 2 is 2.00 bits per heavy atom. The Morgan fingerprint density at radius 3 is 2.68 bits per heavy atom. The van der Waals surface area contributed by atoms with Gasteiger partial charge in [0.05, 0.1) is 13.2 Å². The highest BCUT2D eigenvalue weighted by atomic mass is 32.1. The molecule has 1 fully saturated rings. The van der Waals surface area contributed by atoms with E-state index < -0.39 is 0 Å². The van der Waals surface area contributed by atoms with Gasteiger partial charge in [-0.1, -0.05) is 19.9 Å². The minimum Gasteiger partial charge on any atom is -0.379 e.